The van der Waals surface area contributed by atoms with Crippen LogP contribution < -0.4 is 5.32 Å². The number of hydrogen-bond donors (Lipinski definition) is 1. The van der Waals surface area contributed by atoms with Gasteiger partial charge in [0, 0.05) is 13.0 Å². The predicted octanol–water partition coefficient (Wildman–Crippen LogP) is 2.21. The van der Waals surface area contributed by atoms with Crippen LogP contribution in [0.2, 0.25) is 0 Å². The molecule has 0 saturated carbocycles. The molecule has 1 fully saturated rings. The minimum atomic E-state index is -0.0504. The van der Waals surface area contributed by atoms with Crippen LogP contribution in [0.3, 0.4) is 0 Å². The van der Waals surface area contributed by atoms with Crippen LogP contribution in [0.4, 0.5) is 0 Å². The highest BCUT2D eigenvalue weighted by Crippen LogP contribution is 2.12. The van der Waals surface area contributed by atoms with E-state index in [9.17, 15) is 4.79 Å². The highest BCUT2D eigenvalue weighted by molar-refractivity contribution is 5.75. The molecule has 82 valence electrons. The van der Waals surface area contributed by atoms with Crippen LogP contribution in [-0.4, -0.2) is 18.7 Å². The molecule has 14 heavy (non-hydrogen) atoms. The second-order valence-electron chi connectivity index (χ2n) is 3.82. The first kappa shape index (κ1) is 11.5. The van der Waals surface area contributed by atoms with E-state index in [1.54, 1.807) is 0 Å². The fourth-order valence-corrected chi connectivity index (χ4v) is 1.80. The molecule has 3 heteroatoms. The van der Waals surface area contributed by atoms with Crippen molar-refractivity contribution in [3.8, 4) is 0 Å². The Morgan fingerprint density at radius 1 is 1.29 bits per heavy atom. The molecule has 1 aliphatic heterocycles. The summed E-state index contributed by atoms with van der Waals surface area (Å²) >= 11 is 0. The largest absolute Gasteiger partial charge is 0.359 e. The minimum Gasteiger partial charge on any atom is -0.359 e. The molecule has 0 aromatic heterocycles. The summed E-state index contributed by atoms with van der Waals surface area (Å²) in [6.45, 7) is 2.63. The summed E-state index contributed by atoms with van der Waals surface area (Å²) in [6.07, 6.45) is 7.45. The van der Waals surface area contributed by atoms with Gasteiger partial charge in [0.15, 0.2) is 0 Å². The van der Waals surface area contributed by atoms with Gasteiger partial charge in [0.2, 0.25) is 5.91 Å². The van der Waals surface area contributed by atoms with Gasteiger partial charge >= 0.3 is 0 Å². The maximum absolute atomic E-state index is 11.4. The molecule has 0 radical (unpaired) electrons. The summed E-state index contributed by atoms with van der Waals surface area (Å²) in [7, 11) is 0. The van der Waals surface area contributed by atoms with Crippen molar-refractivity contribution < 1.29 is 9.53 Å². The van der Waals surface area contributed by atoms with Crippen molar-refractivity contribution in [3.63, 3.8) is 0 Å². The fourth-order valence-electron chi connectivity index (χ4n) is 1.80. The van der Waals surface area contributed by atoms with Crippen molar-refractivity contribution in [1.29, 1.82) is 0 Å². The van der Waals surface area contributed by atoms with Crippen molar-refractivity contribution >= 4 is 5.91 Å². The number of amides is 1. The maximum Gasteiger partial charge on any atom is 0.221 e. The third-order valence-corrected chi connectivity index (χ3v) is 2.56. The van der Waals surface area contributed by atoms with E-state index in [-0.39, 0.29) is 12.1 Å². The number of rotatable bonds is 2. The van der Waals surface area contributed by atoms with Gasteiger partial charge in [-0.25, -0.2) is 0 Å². The second kappa shape index (κ2) is 6.82. The van der Waals surface area contributed by atoms with E-state index in [1.807, 2.05) is 6.92 Å². The van der Waals surface area contributed by atoms with Crippen LogP contribution in [0.1, 0.15) is 51.9 Å². The molecule has 3 nitrogen and oxygen atoms in total. The Bertz CT molecular complexity index is 171. The van der Waals surface area contributed by atoms with Crippen LogP contribution in [-0.2, 0) is 9.53 Å². The molecule has 0 spiro atoms. The molecule has 1 saturated heterocycles. The number of carbonyl (C=O) groups is 1. The van der Waals surface area contributed by atoms with E-state index in [1.165, 1.54) is 19.3 Å². The van der Waals surface area contributed by atoms with Gasteiger partial charge < -0.3 is 10.1 Å². The molecule has 0 bridgehead atoms. The molecule has 1 atom stereocenters. The maximum atomic E-state index is 11.4. The lowest BCUT2D eigenvalue weighted by Gasteiger charge is -2.19. The van der Waals surface area contributed by atoms with Crippen molar-refractivity contribution in [1.82, 2.24) is 5.32 Å². The quantitative estimate of drug-likeness (QED) is 0.740. The molecule has 1 unspecified atom stereocenters. The molecule has 1 N–H and O–H groups in total. The lowest BCUT2D eigenvalue weighted by Crippen LogP contribution is -2.37. The summed E-state index contributed by atoms with van der Waals surface area (Å²) in [4.78, 5) is 11.4. The highest BCUT2D eigenvalue weighted by atomic mass is 16.5. The summed E-state index contributed by atoms with van der Waals surface area (Å²) in [5.74, 6) is 0.144. The van der Waals surface area contributed by atoms with Crippen LogP contribution in [0.5, 0.6) is 0 Å². The van der Waals surface area contributed by atoms with E-state index < -0.39 is 0 Å². The molecule has 0 aliphatic carbocycles. The van der Waals surface area contributed by atoms with Gasteiger partial charge in [-0.2, -0.15) is 0 Å². The zero-order valence-electron chi connectivity index (χ0n) is 9.05. The van der Waals surface area contributed by atoms with Gasteiger partial charge in [0.1, 0.15) is 6.23 Å². The zero-order valence-corrected chi connectivity index (χ0v) is 9.05. The molecule has 0 aromatic rings. The van der Waals surface area contributed by atoms with Gasteiger partial charge in [-0.05, 0) is 26.2 Å². The van der Waals surface area contributed by atoms with Crippen LogP contribution in [0, 0.1) is 0 Å². The first-order valence-corrected chi connectivity index (χ1v) is 5.74. The number of carbonyl (C=O) groups excluding carboxylic acids is 1. The monoisotopic (exact) mass is 199 g/mol. The second-order valence-corrected chi connectivity index (χ2v) is 3.82. The summed E-state index contributed by atoms with van der Waals surface area (Å²) in [6, 6.07) is 0. The molecule has 1 heterocycles. The Morgan fingerprint density at radius 2 is 2.00 bits per heavy atom. The van der Waals surface area contributed by atoms with Crippen LogP contribution >= 0.6 is 0 Å². The highest BCUT2D eigenvalue weighted by Gasteiger charge is 2.12. The number of hydrogen-bond acceptors (Lipinski definition) is 2. The summed E-state index contributed by atoms with van der Waals surface area (Å²) < 4.78 is 5.45. The van der Waals surface area contributed by atoms with Gasteiger partial charge in [-0.15, -0.1) is 0 Å². The Morgan fingerprint density at radius 3 is 2.79 bits per heavy atom. The SMILES string of the molecule is CCOC1CCCCCCCC(=O)N1. The number of nitrogens with one attached hydrogen (secondary N) is 1. The molecular weight excluding hydrogens is 178 g/mol. The van der Waals surface area contributed by atoms with E-state index in [4.69, 9.17) is 4.74 Å². The molecule has 0 aromatic carbocycles. The Labute approximate surface area is 86.2 Å². The summed E-state index contributed by atoms with van der Waals surface area (Å²) in [5.41, 5.74) is 0. The van der Waals surface area contributed by atoms with Gasteiger partial charge in [0.25, 0.3) is 0 Å². The van der Waals surface area contributed by atoms with Crippen molar-refractivity contribution in [3.05, 3.63) is 0 Å². The third-order valence-electron chi connectivity index (χ3n) is 2.56. The molecule has 1 rings (SSSR count). The number of ether oxygens (including phenoxy) is 1. The molecule has 1 aliphatic rings. The lowest BCUT2D eigenvalue weighted by atomic mass is 10.1. The third kappa shape index (κ3) is 4.61. The topological polar surface area (TPSA) is 38.3 Å². The minimum absolute atomic E-state index is 0.0504. The van der Waals surface area contributed by atoms with E-state index in [2.05, 4.69) is 5.32 Å². The first-order chi connectivity index (χ1) is 6.83. The van der Waals surface area contributed by atoms with E-state index in [0.29, 0.717) is 13.0 Å². The predicted molar refractivity (Wildman–Crippen MR) is 55.9 cm³/mol. The van der Waals surface area contributed by atoms with Crippen molar-refractivity contribution in [2.45, 2.75) is 58.1 Å². The fraction of sp³-hybridized carbons (Fsp3) is 0.909. The molecular formula is C11H21NO2. The van der Waals surface area contributed by atoms with Crippen LogP contribution in [0.25, 0.3) is 0 Å². The van der Waals surface area contributed by atoms with Crippen molar-refractivity contribution in [2.24, 2.45) is 0 Å². The average Bonchev–Trinajstić information content (AvgIpc) is 2.17. The zero-order chi connectivity index (χ0) is 10.2. The Hall–Kier alpha value is -0.570. The average molecular weight is 199 g/mol. The Balaban J connectivity index is 2.35. The normalized spacial score (nSPS) is 25.5. The van der Waals surface area contributed by atoms with Crippen LogP contribution in [0.15, 0.2) is 0 Å². The van der Waals surface area contributed by atoms with E-state index >= 15 is 0 Å². The van der Waals surface area contributed by atoms with Crippen molar-refractivity contribution in [2.75, 3.05) is 6.61 Å². The van der Waals surface area contributed by atoms with Gasteiger partial charge in [-0.1, -0.05) is 19.3 Å². The first-order valence-electron chi connectivity index (χ1n) is 5.74. The molecule has 1 amide bonds. The Kier molecular flexibility index (Phi) is 5.60. The smallest absolute Gasteiger partial charge is 0.221 e. The van der Waals surface area contributed by atoms with E-state index in [0.717, 1.165) is 19.3 Å². The standard InChI is InChI=1S/C11H21NO2/c1-2-14-11-9-7-5-3-4-6-8-10(13)12-11/h11H,2-9H2,1H3,(H,12,13). The van der Waals surface area contributed by atoms with Gasteiger partial charge in [0.05, 0.1) is 0 Å². The summed E-state index contributed by atoms with van der Waals surface area (Å²) in [5, 5.41) is 2.93. The lowest BCUT2D eigenvalue weighted by molar-refractivity contribution is -0.125. The van der Waals surface area contributed by atoms with Gasteiger partial charge in [-0.3, -0.25) is 4.79 Å².